The Kier molecular flexibility index (Phi) is 4.83. The average Bonchev–Trinajstić information content (AvgIpc) is 2.25. The molecule has 3 nitrogen and oxygen atoms in total. The van der Waals surface area contributed by atoms with Gasteiger partial charge in [0, 0.05) is 24.8 Å². The van der Waals surface area contributed by atoms with Crippen LogP contribution >= 0.6 is 0 Å². The van der Waals surface area contributed by atoms with E-state index >= 15 is 0 Å². The highest BCUT2D eigenvalue weighted by molar-refractivity contribution is 5.89. The molecule has 0 saturated heterocycles. The molecule has 0 aliphatic rings. The van der Waals surface area contributed by atoms with Gasteiger partial charge in [-0.05, 0) is 24.1 Å². The Labute approximate surface area is 97.2 Å². The van der Waals surface area contributed by atoms with E-state index in [1.165, 1.54) is 13.3 Å². The molecule has 1 amide bonds. The molecule has 0 radical (unpaired) electrons. The third kappa shape index (κ3) is 4.34. The van der Waals surface area contributed by atoms with E-state index in [1.807, 2.05) is 24.3 Å². The normalized spacial score (nSPS) is 11.9. The molecule has 1 aromatic carbocycles. The fourth-order valence-corrected chi connectivity index (χ4v) is 1.35. The molecule has 0 spiro atoms. The second-order valence-corrected chi connectivity index (χ2v) is 4.16. The van der Waals surface area contributed by atoms with Gasteiger partial charge in [-0.15, -0.1) is 0 Å². The Morgan fingerprint density at radius 3 is 2.69 bits per heavy atom. The van der Waals surface area contributed by atoms with Gasteiger partial charge < -0.3 is 10.6 Å². The van der Waals surface area contributed by atoms with Gasteiger partial charge in [-0.2, -0.15) is 0 Å². The SMILES string of the molecule is CCC(C)CNc1cccc(NC(C)=O)c1. The summed E-state index contributed by atoms with van der Waals surface area (Å²) >= 11 is 0. The molecule has 1 rings (SSSR count). The van der Waals surface area contributed by atoms with Crippen LogP contribution in [-0.2, 0) is 4.79 Å². The Bertz CT molecular complexity index is 350. The first-order chi connectivity index (χ1) is 7.61. The van der Waals surface area contributed by atoms with E-state index < -0.39 is 0 Å². The van der Waals surface area contributed by atoms with Crippen LogP contribution in [0.2, 0.25) is 0 Å². The second-order valence-electron chi connectivity index (χ2n) is 4.16. The van der Waals surface area contributed by atoms with E-state index in [2.05, 4.69) is 24.5 Å². The summed E-state index contributed by atoms with van der Waals surface area (Å²) < 4.78 is 0. The topological polar surface area (TPSA) is 41.1 Å². The van der Waals surface area contributed by atoms with Crippen molar-refractivity contribution in [3.05, 3.63) is 24.3 Å². The number of nitrogens with one attached hydrogen (secondary N) is 2. The van der Waals surface area contributed by atoms with E-state index in [1.54, 1.807) is 0 Å². The maximum Gasteiger partial charge on any atom is 0.221 e. The molecule has 0 aliphatic carbocycles. The zero-order valence-corrected chi connectivity index (χ0v) is 10.2. The van der Waals surface area contributed by atoms with Crippen LogP contribution in [0, 0.1) is 5.92 Å². The molecule has 1 unspecified atom stereocenters. The van der Waals surface area contributed by atoms with Crippen molar-refractivity contribution in [2.75, 3.05) is 17.2 Å². The second kappa shape index (κ2) is 6.16. The first-order valence-corrected chi connectivity index (χ1v) is 5.73. The van der Waals surface area contributed by atoms with Gasteiger partial charge in [0.15, 0.2) is 0 Å². The molecule has 0 bridgehead atoms. The summed E-state index contributed by atoms with van der Waals surface area (Å²) in [6, 6.07) is 7.78. The van der Waals surface area contributed by atoms with Crippen LogP contribution in [0.15, 0.2) is 24.3 Å². The van der Waals surface area contributed by atoms with Gasteiger partial charge in [-0.25, -0.2) is 0 Å². The van der Waals surface area contributed by atoms with Gasteiger partial charge in [0.05, 0.1) is 0 Å². The molecular formula is C13H20N2O. The maximum atomic E-state index is 10.9. The third-order valence-corrected chi connectivity index (χ3v) is 2.53. The zero-order chi connectivity index (χ0) is 12.0. The number of hydrogen-bond donors (Lipinski definition) is 2. The van der Waals surface area contributed by atoms with Crippen molar-refractivity contribution in [1.82, 2.24) is 0 Å². The molecule has 0 aromatic heterocycles. The lowest BCUT2D eigenvalue weighted by Gasteiger charge is -2.12. The number of carbonyl (C=O) groups is 1. The summed E-state index contributed by atoms with van der Waals surface area (Å²) in [4.78, 5) is 10.9. The fraction of sp³-hybridized carbons (Fsp3) is 0.462. The van der Waals surface area contributed by atoms with Crippen LogP contribution in [-0.4, -0.2) is 12.5 Å². The summed E-state index contributed by atoms with van der Waals surface area (Å²) in [6.45, 7) is 6.87. The molecule has 0 fully saturated rings. The molecule has 3 heteroatoms. The number of amides is 1. The van der Waals surface area contributed by atoms with Gasteiger partial charge in [-0.3, -0.25) is 4.79 Å². The van der Waals surface area contributed by atoms with E-state index in [9.17, 15) is 4.79 Å². The van der Waals surface area contributed by atoms with Crippen molar-refractivity contribution in [3.8, 4) is 0 Å². The van der Waals surface area contributed by atoms with Crippen molar-refractivity contribution in [2.24, 2.45) is 5.92 Å². The first kappa shape index (κ1) is 12.6. The molecular weight excluding hydrogens is 200 g/mol. The summed E-state index contributed by atoms with van der Waals surface area (Å²) in [7, 11) is 0. The largest absolute Gasteiger partial charge is 0.385 e. The Hall–Kier alpha value is -1.51. The minimum atomic E-state index is -0.0425. The predicted octanol–water partition coefficient (Wildman–Crippen LogP) is 3.10. The summed E-state index contributed by atoms with van der Waals surface area (Å²) in [5.74, 6) is 0.614. The summed E-state index contributed by atoms with van der Waals surface area (Å²) in [5.41, 5.74) is 1.88. The van der Waals surface area contributed by atoms with Gasteiger partial charge >= 0.3 is 0 Å². The third-order valence-electron chi connectivity index (χ3n) is 2.53. The highest BCUT2D eigenvalue weighted by Gasteiger charge is 2.00. The van der Waals surface area contributed by atoms with Gasteiger partial charge in [0.2, 0.25) is 5.91 Å². The quantitative estimate of drug-likeness (QED) is 0.800. The van der Waals surface area contributed by atoms with E-state index in [-0.39, 0.29) is 5.91 Å². The number of carbonyl (C=O) groups excluding carboxylic acids is 1. The molecule has 0 heterocycles. The number of benzene rings is 1. The Morgan fingerprint density at radius 2 is 2.06 bits per heavy atom. The maximum absolute atomic E-state index is 10.9. The minimum absolute atomic E-state index is 0.0425. The molecule has 0 saturated carbocycles. The van der Waals surface area contributed by atoms with Crippen LogP contribution in [0.5, 0.6) is 0 Å². The monoisotopic (exact) mass is 220 g/mol. The van der Waals surface area contributed by atoms with Gasteiger partial charge in [0.1, 0.15) is 0 Å². The number of hydrogen-bond acceptors (Lipinski definition) is 2. The lowest BCUT2D eigenvalue weighted by Crippen LogP contribution is -2.11. The molecule has 1 aromatic rings. The molecule has 88 valence electrons. The standard InChI is InChI=1S/C13H20N2O/c1-4-10(2)9-14-12-6-5-7-13(8-12)15-11(3)16/h5-8,10,14H,4,9H2,1-3H3,(H,15,16). The van der Waals surface area contributed by atoms with E-state index in [0.29, 0.717) is 5.92 Å². The van der Waals surface area contributed by atoms with Crippen molar-refractivity contribution in [3.63, 3.8) is 0 Å². The lowest BCUT2D eigenvalue weighted by molar-refractivity contribution is -0.114. The Morgan fingerprint density at radius 1 is 1.38 bits per heavy atom. The predicted molar refractivity (Wildman–Crippen MR) is 68.7 cm³/mol. The van der Waals surface area contributed by atoms with Crippen LogP contribution in [0.1, 0.15) is 27.2 Å². The van der Waals surface area contributed by atoms with Crippen LogP contribution in [0.25, 0.3) is 0 Å². The molecule has 1 atom stereocenters. The highest BCUT2D eigenvalue weighted by Crippen LogP contribution is 2.15. The smallest absolute Gasteiger partial charge is 0.221 e. The number of anilines is 2. The van der Waals surface area contributed by atoms with Crippen molar-refractivity contribution in [1.29, 1.82) is 0 Å². The number of rotatable bonds is 5. The van der Waals surface area contributed by atoms with Crippen LogP contribution in [0.3, 0.4) is 0 Å². The van der Waals surface area contributed by atoms with Gasteiger partial charge in [-0.1, -0.05) is 26.3 Å². The lowest BCUT2D eigenvalue weighted by atomic mass is 10.1. The van der Waals surface area contributed by atoms with Crippen LogP contribution in [0.4, 0.5) is 11.4 Å². The fourth-order valence-electron chi connectivity index (χ4n) is 1.35. The van der Waals surface area contributed by atoms with Crippen molar-refractivity contribution < 1.29 is 4.79 Å². The van der Waals surface area contributed by atoms with Crippen molar-refractivity contribution >= 4 is 17.3 Å². The summed E-state index contributed by atoms with van der Waals surface area (Å²) in [6.07, 6.45) is 1.17. The zero-order valence-electron chi connectivity index (χ0n) is 10.2. The minimum Gasteiger partial charge on any atom is -0.385 e. The Balaban J connectivity index is 2.56. The van der Waals surface area contributed by atoms with Crippen LogP contribution < -0.4 is 10.6 Å². The molecule has 2 N–H and O–H groups in total. The summed E-state index contributed by atoms with van der Waals surface area (Å²) in [5, 5.41) is 6.13. The highest BCUT2D eigenvalue weighted by atomic mass is 16.1. The van der Waals surface area contributed by atoms with Gasteiger partial charge in [0.25, 0.3) is 0 Å². The molecule has 0 aliphatic heterocycles. The van der Waals surface area contributed by atoms with Crippen molar-refractivity contribution in [2.45, 2.75) is 27.2 Å². The van der Waals surface area contributed by atoms with E-state index in [4.69, 9.17) is 0 Å². The first-order valence-electron chi connectivity index (χ1n) is 5.73. The average molecular weight is 220 g/mol. The molecule has 16 heavy (non-hydrogen) atoms. The van der Waals surface area contributed by atoms with E-state index in [0.717, 1.165) is 17.9 Å².